The Morgan fingerprint density at radius 2 is 1.87 bits per heavy atom. The molecule has 8 rings (SSSR count). The van der Waals surface area contributed by atoms with Crippen LogP contribution in [0.4, 0.5) is 0 Å². The van der Waals surface area contributed by atoms with Gasteiger partial charge in [-0.25, -0.2) is 9.67 Å². The van der Waals surface area contributed by atoms with E-state index in [9.17, 15) is 9.90 Å². The number of carboxylic acid groups (broad SMARTS) is 1. The van der Waals surface area contributed by atoms with Crippen molar-refractivity contribution < 1.29 is 24.1 Å². The maximum atomic E-state index is 13.5. The predicted octanol–water partition coefficient (Wildman–Crippen LogP) is 6.84. The highest BCUT2D eigenvalue weighted by molar-refractivity contribution is 5.73. The van der Waals surface area contributed by atoms with E-state index in [2.05, 4.69) is 69.5 Å². The van der Waals surface area contributed by atoms with Crippen LogP contribution in [0, 0.1) is 56.7 Å². The monoisotopic (exact) mass is 715 g/mol. The van der Waals surface area contributed by atoms with Crippen molar-refractivity contribution in [3.05, 3.63) is 42.5 Å². The first-order valence-corrected chi connectivity index (χ1v) is 20.0. The number of carbonyl (C=O) groups is 1. The Labute approximate surface area is 309 Å². The van der Waals surface area contributed by atoms with Crippen LogP contribution < -0.4 is 5.32 Å². The van der Waals surface area contributed by atoms with Gasteiger partial charge in [0.2, 0.25) is 0 Å². The zero-order chi connectivity index (χ0) is 36.7. The van der Waals surface area contributed by atoms with Crippen LogP contribution >= 0.6 is 0 Å². The molecule has 12 atom stereocenters. The average Bonchev–Trinajstić information content (AvgIpc) is 3.62. The summed E-state index contributed by atoms with van der Waals surface area (Å²) in [5.74, 6) is 1.20. The van der Waals surface area contributed by atoms with E-state index in [1.165, 1.54) is 5.57 Å². The molecule has 2 bridgehead atoms. The highest BCUT2D eigenvalue weighted by Gasteiger charge is 2.72. The van der Waals surface area contributed by atoms with E-state index in [-0.39, 0.29) is 45.3 Å². The molecule has 2 aromatic rings. The Morgan fingerprint density at radius 3 is 2.58 bits per heavy atom. The lowest BCUT2D eigenvalue weighted by atomic mass is 9.34. The maximum absolute atomic E-state index is 13.5. The maximum Gasteiger partial charge on any atom is 0.307 e. The summed E-state index contributed by atoms with van der Waals surface area (Å²) in [7, 11) is 0. The van der Waals surface area contributed by atoms with Crippen LogP contribution in [-0.4, -0.2) is 82.5 Å². The van der Waals surface area contributed by atoms with Crippen LogP contribution in [0.15, 0.2) is 42.5 Å². The van der Waals surface area contributed by atoms with Gasteiger partial charge in [-0.05, 0) is 90.6 Å². The van der Waals surface area contributed by atoms with E-state index in [0.717, 1.165) is 63.1 Å². The minimum absolute atomic E-state index is 0.0746. The molecule has 2 saturated heterocycles. The van der Waals surface area contributed by atoms with Crippen molar-refractivity contribution in [1.82, 2.24) is 25.1 Å². The number of hydrogen-bond acceptors (Lipinski definition) is 8. The number of nitrogens with one attached hydrogen (secondary N) is 1. The standard InChI is InChI=1S/C42H61N5O5/c1-26(2)27(3)38(4)14-15-40(6)30-8-9-33-39(5)23-51-24-42(33,31(30)10-13-41(40,7)34(38)37(48)49)20-32(35(39)52-22-29-21-50-19-18-44-29)47-36(45-25-46-47)28-11-16-43-17-12-28/h10-12,16-17,25-27,29-30,32-35,44H,8-9,13-15,18-24H2,1-7H3,(H,48,49)/t27-,29?,30+,32-,33+,34-,35+,38-,39-,40-,41+,42+/m1/s1. The number of rotatable bonds is 8. The van der Waals surface area contributed by atoms with E-state index in [1.807, 2.05) is 24.5 Å². The van der Waals surface area contributed by atoms with Gasteiger partial charge in [-0.15, -0.1) is 0 Å². The SMILES string of the molecule is CC(C)[C@@H](C)[C@@]1(C)CC[C@]2(C)[C@H]3CC[C@@H]4[C@@]5(COC[C@@]4(C)[C@@H](OCC4COCCN4)[C@H](n4ncnc4-c4ccncc4)C5)C3=CC[C@@]2(C)[C@@H]1C(=O)O. The van der Waals surface area contributed by atoms with E-state index < -0.39 is 11.9 Å². The fraction of sp³-hybridized carbons (Fsp3) is 0.762. The van der Waals surface area contributed by atoms with Gasteiger partial charge in [0.25, 0.3) is 0 Å². The molecule has 52 heavy (non-hydrogen) atoms. The molecule has 0 amide bonds. The zero-order valence-electron chi connectivity index (χ0n) is 32.4. The number of morpholine rings is 1. The molecule has 6 aliphatic rings. The number of aromatic nitrogens is 4. The number of nitrogens with zero attached hydrogens (tertiary/aromatic N) is 4. The second-order valence-corrected chi connectivity index (χ2v) is 18.9. The molecule has 2 aliphatic heterocycles. The summed E-state index contributed by atoms with van der Waals surface area (Å²) in [6.45, 7) is 20.4. The number of ether oxygens (including phenoxy) is 3. The van der Waals surface area contributed by atoms with Gasteiger partial charge >= 0.3 is 5.97 Å². The van der Waals surface area contributed by atoms with Crippen molar-refractivity contribution in [2.24, 2.45) is 56.7 Å². The van der Waals surface area contributed by atoms with Gasteiger partial charge in [0, 0.05) is 35.3 Å². The second kappa shape index (κ2) is 13.0. The van der Waals surface area contributed by atoms with Crippen LogP contribution in [-0.2, 0) is 19.0 Å². The lowest BCUT2D eigenvalue weighted by Gasteiger charge is -2.71. The van der Waals surface area contributed by atoms with Gasteiger partial charge in [-0.1, -0.05) is 60.1 Å². The fourth-order valence-corrected chi connectivity index (χ4v) is 13.3. The van der Waals surface area contributed by atoms with Gasteiger partial charge in [-0.3, -0.25) is 9.78 Å². The van der Waals surface area contributed by atoms with Crippen molar-refractivity contribution in [2.75, 3.05) is 39.6 Å². The van der Waals surface area contributed by atoms with Gasteiger partial charge in [0.1, 0.15) is 6.33 Å². The Balaban J connectivity index is 1.22. The van der Waals surface area contributed by atoms with E-state index in [1.54, 1.807) is 6.33 Å². The molecule has 3 saturated carbocycles. The second-order valence-electron chi connectivity index (χ2n) is 18.9. The molecule has 0 aromatic carbocycles. The summed E-state index contributed by atoms with van der Waals surface area (Å²) >= 11 is 0. The van der Waals surface area contributed by atoms with Crippen molar-refractivity contribution in [3.63, 3.8) is 0 Å². The summed E-state index contributed by atoms with van der Waals surface area (Å²) in [5, 5.41) is 19.7. The predicted molar refractivity (Wildman–Crippen MR) is 198 cm³/mol. The highest BCUT2D eigenvalue weighted by atomic mass is 16.5. The molecule has 10 nitrogen and oxygen atoms in total. The first-order valence-electron chi connectivity index (χ1n) is 20.0. The molecule has 4 heterocycles. The number of carboxylic acids is 1. The Bertz CT molecular complexity index is 1680. The van der Waals surface area contributed by atoms with Gasteiger partial charge in [0.05, 0.1) is 57.1 Å². The quantitative estimate of drug-likeness (QED) is 0.283. The van der Waals surface area contributed by atoms with Crippen LogP contribution in [0.25, 0.3) is 11.4 Å². The van der Waals surface area contributed by atoms with E-state index in [0.29, 0.717) is 50.1 Å². The summed E-state index contributed by atoms with van der Waals surface area (Å²) in [5.41, 5.74) is 1.26. The first kappa shape index (κ1) is 36.3. The summed E-state index contributed by atoms with van der Waals surface area (Å²) in [6, 6.07) is 4.08. The molecule has 2 N–H and O–H groups in total. The fourth-order valence-electron chi connectivity index (χ4n) is 13.3. The van der Waals surface area contributed by atoms with Gasteiger partial charge in [-0.2, -0.15) is 5.10 Å². The largest absolute Gasteiger partial charge is 0.481 e. The summed E-state index contributed by atoms with van der Waals surface area (Å²) in [6.07, 6.45) is 13.4. The average molecular weight is 716 g/mol. The Morgan fingerprint density at radius 1 is 1.08 bits per heavy atom. The minimum atomic E-state index is -0.619. The summed E-state index contributed by atoms with van der Waals surface area (Å²) in [4.78, 5) is 22.6. The number of fused-ring (bicyclic) bond motifs is 3. The summed E-state index contributed by atoms with van der Waals surface area (Å²) < 4.78 is 21.9. The van der Waals surface area contributed by atoms with Crippen LogP contribution in [0.1, 0.15) is 93.0 Å². The third-order valence-corrected chi connectivity index (χ3v) is 16.4. The van der Waals surface area contributed by atoms with Crippen LogP contribution in [0.5, 0.6) is 0 Å². The first-order chi connectivity index (χ1) is 24.8. The van der Waals surface area contributed by atoms with E-state index >= 15 is 0 Å². The number of aliphatic carboxylic acids is 1. The van der Waals surface area contributed by atoms with Crippen molar-refractivity contribution in [1.29, 1.82) is 0 Å². The third-order valence-electron chi connectivity index (χ3n) is 16.4. The van der Waals surface area contributed by atoms with Crippen molar-refractivity contribution >= 4 is 5.97 Å². The number of pyridine rings is 1. The third kappa shape index (κ3) is 5.16. The minimum Gasteiger partial charge on any atom is -0.481 e. The molecule has 4 aliphatic carbocycles. The molecule has 5 fully saturated rings. The highest BCUT2D eigenvalue weighted by Crippen LogP contribution is 2.75. The van der Waals surface area contributed by atoms with Crippen molar-refractivity contribution in [3.8, 4) is 11.4 Å². The molecule has 1 unspecified atom stereocenters. The van der Waals surface area contributed by atoms with Gasteiger partial charge in [0.15, 0.2) is 5.82 Å². The molecule has 284 valence electrons. The van der Waals surface area contributed by atoms with Crippen molar-refractivity contribution in [2.45, 2.75) is 105 Å². The number of allylic oxidation sites excluding steroid dienone is 1. The van der Waals surface area contributed by atoms with E-state index in [4.69, 9.17) is 24.3 Å². The molecular formula is C42H61N5O5. The smallest absolute Gasteiger partial charge is 0.307 e. The van der Waals surface area contributed by atoms with Crippen LogP contribution in [0.3, 0.4) is 0 Å². The zero-order valence-corrected chi connectivity index (χ0v) is 32.4. The molecule has 0 spiro atoms. The Kier molecular flexibility index (Phi) is 9.07. The topological polar surface area (TPSA) is 121 Å². The number of hydrogen-bond donors (Lipinski definition) is 2. The molecule has 0 radical (unpaired) electrons. The van der Waals surface area contributed by atoms with Crippen LogP contribution in [0.2, 0.25) is 0 Å². The molecule has 2 aromatic heterocycles. The lowest BCUT2D eigenvalue weighted by Crippen LogP contribution is -2.69. The normalized spacial score (nSPS) is 43.5. The molecule has 10 heteroatoms. The Hall–Kier alpha value is -2.66. The van der Waals surface area contributed by atoms with Gasteiger partial charge < -0.3 is 24.6 Å². The molecular weight excluding hydrogens is 654 g/mol. The lowest BCUT2D eigenvalue weighted by molar-refractivity contribution is -0.251.